The van der Waals surface area contributed by atoms with Crippen molar-refractivity contribution < 1.29 is 4.74 Å². The standard InChI is InChI=1S/C19H25NO/c1-4-5-6-16-7-10-18(11-8-16)21-19-12-9-17(14-20-3)13-15(19)2/h7-13,20H,4-6,14H2,1-3H3. The number of rotatable bonds is 7. The quantitative estimate of drug-likeness (QED) is 0.784. The summed E-state index contributed by atoms with van der Waals surface area (Å²) in [5.74, 6) is 1.83. The first-order valence-corrected chi connectivity index (χ1v) is 7.74. The second kappa shape index (κ2) is 7.84. The highest BCUT2D eigenvalue weighted by Crippen LogP contribution is 2.26. The average Bonchev–Trinajstić information content (AvgIpc) is 2.49. The van der Waals surface area contributed by atoms with Crippen LogP contribution in [-0.2, 0) is 13.0 Å². The summed E-state index contributed by atoms with van der Waals surface area (Å²) in [5.41, 5.74) is 3.82. The Labute approximate surface area is 128 Å². The van der Waals surface area contributed by atoms with Crippen LogP contribution in [0, 0.1) is 6.92 Å². The van der Waals surface area contributed by atoms with E-state index in [1.807, 2.05) is 13.1 Å². The van der Waals surface area contributed by atoms with Crippen LogP contribution in [0.5, 0.6) is 11.5 Å². The summed E-state index contributed by atoms with van der Waals surface area (Å²) in [5, 5.41) is 3.16. The zero-order valence-electron chi connectivity index (χ0n) is 13.3. The summed E-state index contributed by atoms with van der Waals surface area (Å²) >= 11 is 0. The third kappa shape index (κ3) is 4.61. The van der Waals surface area contributed by atoms with Gasteiger partial charge in [0.15, 0.2) is 0 Å². The first-order valence-electron chi connectivity index (χ1n) is 7.74. The summed E-state index contributed by atoms with van der Waals surface area (Å²) in [6, 6.07) is 14.8. The van der Waals surface area contributed by atoms with Gasteiger partial charge in [0.2, 0.25) is 0 Å². The lowest BCUT2D eigenvalue weighted by Crippen LogP contribution is -2.05. The molecule has 0 spiro atoms. The monoisotopic (exact) mass is 283 g/mol. The molecule has 0 saturated carbocycles. The van der Waals surface area contributed by atoms with E-state index in [2.05, 4.69) is 55.6 Å². The molecule has 0 aliphatic heterocycles. The molecule has 0 aliphatic rings. The van der Waals surface area contributed by atoms with Crippen molar-refractivity contribution in [1.29, 1.82) is 0 Å². The third-order valence-electron chi connectivity index (χ3n) is 3.59. The molecule has 0 bridgehead atoms. The Morgan fingerprint density at radius 2 is 1.71 bits per heavy atom. The van der Waals surface area contributed by atoms with Crippen molar-refractivity contribution in [3.05, 3.63) is 59.2 Å². The van der Waals surface area contributed by atoms with Crippen molar-refractivity contribution in [2.45, 2.75) is 39.7 Å². The van der Waals surface area contributed by atoms with Gasteiger partial charge >= 0.3 is 0 Å². The molecule has 0 aromatic heterocycles. The van der Waals surface area contributed by atoms with E-state index >= 15 is 0 Å². The van der Waals surface area contributed by atoms with E-state index in [4.69, 9.17) is 4.74 Å². The van der Waals surface area contributed by atoms with E-state index in [1.165, 1.54) is 24.0 Å². The number of hydrogen-bond donors (Lipinski definition) is 1. The van der Waals surface area contributed by atoms with Crippen molar-refractivity contribution in [3.8, 4) is 11.5 Å². The minimum Gasteiger partial charge on any atom is -0.457 e. The largest absolute Gasteiger partial charge is 0.457 e. The Morgan fingerprint density at radius 1 is 1.00 bits per heavy atom. The number of unbranched alkanes of at least 4 members (excludes halogenated alkanes) is 1. The van der Waals surface area contributed by atoms with Crippen molar-refractivity contribution in [2.75, 3.05) is 7.05 Å². The highest BCUT2D eigenvalue weighted by Gasteiger charge is 2.03. The smallest absolute Gasteiger partial charge is 0.130 e. The van der Waals surface area contributed by atoms with Crippen molar-refractivity contribution in [3.63, 3.8) is 0 Å². The fourth-order valence-electron chi connectivity index (χ4n) is 2.37. The fraction of sp³-hybridized carbons (Fsp3) is 0.368. The molecule has 0 amide bonds. The first kappa shape index (κ1) is 15.6. The lowest BCUT2D eigenvalue weighted by atomic mass is 10.1. The molecule has 0 atom stereocenters. The van der Waals surface area contributed by atoms with E-state index < -0.39 is 0 Å². The molecule has 0 heterocycles. The minimum atomic E-state index is 0.882. The van der Waals surface area contributed by atoms with Crippen LogP contribution in [0.3, 0.4) is 0 Å². The fourth-order valence-corrected chi connectivity index (χ4v) is 2.37. The van der Waals surface area contributed by atoms with Crippen LogP contribution in [-0.4, -0.2) is 7.05 Å². The molecule has 0 fully saturated rings. The van der Waals surface area contributed by atoms with Crippen LogP contribution in [0.2, 0.25) is 0 Å². The van der Waals surface area contributed by atoms with Crippen LogP contribution in [0.25, 0.3) is 0 Å². The predicted molar refractivity (Wildman–Crippen MR) is 89.1 cm³/mol. The Balaban J connectivity index is 2.04. The molecule has 2 heteroatoms. The molecule has 0 aliphatic carbocycles. The molecular weight excluding hydrogens is 258 g/mol. The first-order chi connectivity index (χ1) is 10.2. The Hall–Kier alpha value is -1.80. The van der Waals surface area contributed by atoms with Crippen LogP contribution >= 0.6 is 0 Å². The Bertz CT molecular complexity index is 560. The molecular formula is C19H25NO. The van der Waals surface area contributed by atoms with Gasteiger partial charge in [0, 0.05) is 6.54 Å². The minimum absolute atomic E-state index is 0.882. The summed E-state index contributed by atoms with van der Waals surface area (Å²) in [6.07, 6.45) is 3.62. The molecule has 0 saturated heterocycles. The molecule has 21 heavy (non-hydrogen) atoms. The van der Waals surface area contributed by atoms with Gasteiger partial charge in [-0.2, -0.15) is 0 Å². The zero-order chi connectivity index (χ0) is 15.1. The summed E-state index contributed by atoms with van der Waals surface area (Å²) in [6.45, 7) is 5.19. The highest BCUT2D eigenvalue weighted by atomic mass is 16.5. The zero-order valence-corrected chi connectivity index (χ0v) is 13.3. The van der Waals surface area contributed by atoms with E-state index in [1.54, 1.807) is 0 Å². The van der Waals surface area contributed by atoms with Gasteiger partial charge in [0.05, 0.1) is 0 Å². The second-order valence-electron chi connectivity index (χ2n) is 5.48. The molecule has 112 valence electrons. The molecule has 2 aromatic carbocycles. The van der Waals surface area contributed by atoms with Gasteiger partial charge in [0.1, 0.15) is 11.5 Å². The van der Waals surface area contributed by atoms with E-state index in [0.717, 1.165) is 30.0 Å². The molecule has 2 rings (SSSR count). The molecule has 2 aromatic rings. The molecule has 0 unspecified atom stereocenters. The number of nitrogens with one attached hydrogen (secondary N) is 1. The summed E-state index contributed by atoms with van der Waals surface area (Å²) < 4.78 is 5.98. The van der Waals surface area contributed by atoms with Crippen LogP contribution in [0.15, 0.2) is 42.5 Å². The van der Waals surface area contributed by atoms with Gasteiger partial charge in [0.25, 0.3) is 0 Å². The van der Waals surface area contributed by atoms with Gasteiger partial charge in [-0.25, -0.2) is 0 Å². The highest BCUT2D eigenvalue weighted by molar-refractivity contribution is 5.40. The van der Waals surface area contributed by atoms with Gasteiger partial charge in [-0.3, -0.25) is 0 Å². The average molecular weight is 283 g/mol. The van der Waals surface area contributed by atoms with E-state index in [9.17, 15) is 0 Å². The second-order valence-corrected chi connectivity index (χ2v) is 5.48. The lowest BCUT2D eigenvalue weighted by molar-refractivity contribution is 0.478. The number of aryl methyl sites for hydroxylation is 2. The number of benzene rings is 2. The maximum absolute atomic E-state index is 5.98. The van der Waals surface area contributed by atoms with Crippen LogP contribution in [0.4, 0.5) is 0 Å². The Morgan fingerprint density at radius 3 is 2.33 bits per heavy atom. The number of hydrogen-bond acceptors (Lipinski definition) is 2. The SMILES string of the molecule is CCCCc1ccc(Oc2ccc(CNC)cc2C)cc1. The normalized spacial score (nSPS) is 10.6. The summed E-state index contributed by atoms with van der Waals surface area (Å²) in [7, 11) is 1.96. The maximum atomic E-state index is 5.98. The van der Waals surface area contributed by atoms with E-state index in [-0.39, 0.29) is 0 Å². The maximum Gasteiger partial charge on any atom is 0.130 e. The molecule has 0 radical (unpaired) electrons. The summed E-state index contributed by atoms with van der Waals surface area (Å²) in [4.78, 5) is 0. The van der Waals surface area contributed by atoms with Gasteiger partial charge < -0.3 is 10.1 Å². The topological polar surface area (TPSA) is 21.3 Å². The van der Waals surface area contributed by atoms with Crippen molar-refractivity contribution in [2.24, 2.45) is 0 Å². The van der Waals surface area contributed by atoms with Crippen molar-refractivity contribution >= 4 is 0 Å². The van der Waals surface area contributed by atoms with Gasteiger partial charge in [-0.15, -0.1) is 0 Å². The lowest BCUT2D eigenvalue weighted by Gasteiger charge is -2.11. The van der Waals surface area contributed by atoms with Gasteiger partial charge in [-0.1, -0.05) is 37.6 Å². The number of ether oxygens (including phenoxy) is 1. The third-order valence-corrected chi connectivity index (χ3v) is 3.59. The van der Waals surface area contributed by atoms with Crippen LogP contribution < -0.4 is 10.1 Å². The molecule has 1 N–H and O–H groups in total. The molecule has 2 nitrogen and oxygen atoms in total. The van der Waals surface area contributed by atoms with Gasteiger partial charge in [-0.05, 0) is 61.7 Å². The predicted octanol–water partition coefficient (Wildman–Crippen LogP) is 4.85. The van der Waals surface area contributed by atoms with Crippen molar-refractivity contribution in [1.82, 2.24) is 5.32 Å². The van der Waals surface area contributed by atoms with Crippen LogP contribution in [0.1, 0.15) is 36.5 Å². The van der Waals surface area contributed by atoms with E-state index in [0.29, 0.717) is 0 Å². The Kier molecular flexibility index (Phi) is 5.82.